The Morgan fingerprint density at radius 3 is 2.60 bits per heavy atom. The lowest BCUT2D eigenvalue weighted by Gasteiger charge is -2.36. The number of rotatable bonds is 3. The van der Waals surface area contributed by atoms with Crippen molar-refractivity contribution in [3.63, 3.8) is 0 Å². The molecule has 2 aromatic rings. The van der Waals surface area contributed by atoms with E-state index in [1.807, 2.05) is 30.3 Å². The molecule has 0 aromatic heterocycles. The third kappa shape index (κ3) is 2.42. The molecule has 1 unspecified atom stereocenters. The highest BCUT2D eigenvalue weighted by molar-refractivity contribution is 5.35. The molecule has 3 rings (SSSR count). The number of hydrogen-bond acceptors (Lipinski definition) is 3. The van der Waals surface area contributed by atoms with E-state index in [9.17, 15) is 10.2 Å². The van der Waals surface area contributed by atoms with Crippen LogP contribution in [-0.2, 0) is 13.0 Å². The van der Waals surface area contributed by atoms with Crippen LogP contribution in [0.2, 0.25) is 0 Å². The van der Waals surface area contributed by atoms with Gasteiger partial charge in [0.1, 0.15) is 5.75 Å². The fourth-order valence-electron chi connectivity index (χ4n) is 2.97. The van der Waals surface area contributed by atoms with Crippen LogP contribution in [0, 0.1) is 0 Å². The lowest BCUT2D eigenvalue weighted by Crippen LogP contribution is -2.36. The van der Waals surface area contributed by atoms with Gasteiger partial charge >= 0.3 is 0 Å². The Bertz CT molecular complexity index is 597. The van der Waals surface area contributed by atoms with Gasteiger partial charge in [0.15, 0.2) is 0 Å². The van der Waals surface area contributed by atoms with Crippen LogP contribution >= 0.6 is 0 Å². The molecule has 0 amide bonds. The van der Waals surface area contributed by atoms with E-state index in [-0.39, 0.29) is 12.6 Å². The molecule has 3 nitrogen and oxygen atoms in total. The highest BCUT2D eigenvalue weighted by atomic mass is 16.3. The number of aromatic hydroxyl groups is 1. The van der Waals surface area contributed by atoms with Crippen LogP contribution < -0.4 is 0 Å². The normalized spacial score (nSPS) is 18.8. The van der Waals surface area contributed by atoms with Crippen LogP contribution in [0.3, 0.4) is 0 Å². The van der Waals surface area contributed by atoms with E-state index in [1.54, 1.807) is 6.07 Å². The van der Waals surface area contributed by atoms with Crippen molar-refractivity contribution in [3.8, 4) is 5.75 Å². The summed E-state index contributed by atoms with van der Waals surface area (Å²) >= 11 is 0. The first kappa shape index (κ1) is 13.2. The Morgan fingerprint density at radius 2 is 1.80 bits per heavy atom. The van der Waals surface area contributed by atoms with Crippen molar-refractivity contribution >= 4 is 0 Å². The van der Waals surface area contributed by atoms with Gasteiger partial charge in [-0.05, 0) is 23.6 Å². The summed E-state index contributed by atoms with van der Waals surface area (Å²) in [6.45, 7) is 1.66. The number of phenols is 1. The average Bonchev–Trinajstić information content (AvgIpc) is 2.49. The van der Waals surface area contributed by atoms with E-state index in [1.165, 1.54) is 11.1 Å². The standard InChI is InChI=1S/C17H19NO2/c19-12-16-15-7-3-1-5-13(15)9-10-18(16)11-14-6-2-4-8-17(14)20/h1-8,16,19-20H,9-12H2. The quantitative estimate of drug-likeness (QED) is 0.899. The number of hydrogen-bond donors (Lipinski definition) is 2. The fourth-order valence-corrected chi connectivity index (χ4v) is 2.97. The maximum Gasteiger partial charge on any atom is 0.120 e. The largest absolute Gasteiger partial charge is 0.508 e. The van der Waals surface area contributed by atoms with Crippen LogP contribution in [0.5, 0.6) is 5.75 Å². The molecule has 0 saturated heterocycles. The summed E-state index contributed by atoms with van der Waals surface area (Å²) in [6.07, 6.45) is 0.986. The van der Waals surface area contributed by atoms with E-state index in [4.69, 9.17) is 0 Å². The van der Waals surface area contributed by atoms with E-state index < -0.39 is 0 Å². The minimum absolute atomic E-state index is 0.0135. The molecule has 2 N–H and O–H groups in total. The monoisotopic (exact) mass is 269 g/mol. The lowest BCUT2D eigenvalue weighted by atomic mass is 9.92. The molecule has 1 heterocycles. The maximum atomic E-state index is 9.91. The third-order valence-electron chi connectivity index (χ3n) is 4.06. The highest BCUT2D eigenvalue weighted by Gasteiger charge is 2.26. The molecule has 0 radical (unpaired) electrons. The second-order valence-electron chi connectivity index (χ2n) is 5.25. The number of benzene rings is 2. The molecule has 0 aliphatic carbocycles. The van der Waals surface area contributed by atoms with Gasteiger partial charge in [0.2, 0.25) is 0 Å². The molecule has 1 atom stereocenters. The van der Waals surface area contributed by atoms with Gasteiger partial charge in [0.25, 0.3) is 0 Å². The smallest absolute Gasteiger partial charge is 0.120 e. The van der Waals surface area contributed by atoms with Crippen LogP contribution in [0.25, 0.3) is 0 Å². The highest BCUT2D eigenvalue weighted by Crippen LogP contribution is 2.31. The molecule has 20 heavy (non-hydrogen) atoms. The predicted molar refractivity (Wildman–Crippen MR) is 78.5 cm³/mol. The van der Waals surface area contributed by atoms with Crippen LogP contribution in [0.4, 0.5) is 0 Å². The zero-order valence-corrected chi connectivity index (χ0v) is 11.4. The van der Waals surface area contributed by atoms with E-state index >= 15 is 0 Å². The minimum Gasteiger partial charge on any atom is -0.508 e. The Balaban J connectivity index is 1.87. The summed E-state index contributed by atoms with van der Waals surface area (Å²) in [5, 5.41) is 19.7. The second kappa shape index (κ2) is 5.65. The van der Waals surface area contributed by atoms with Crippen molar-refractivity contribution < 1.29 is 10.2 Å². The first-order valence-electron chi connectivity index (χ1n) is 6.99. The molecular formula is C17H19NO2. The Kier molecular flexibility index (Phi) is 3.72. The Labute approximate surface area is 119 Å². The number of aliphatic hydroxyl groups is 1. The minimum atomic E-state index is 0.0135. The van der Waals surface area contributed by atoms with Crippen LogP contribution in [0.1, 0.15) is 22.7 Å². The molecule has 104 valence electrons. The average molecular weight is 269 g/mol. The molecular weight excluding hydrogens is 250 g/mol. The summed E-state index contributed by atoms with van der Waals surface area (Å²) in [6, 6.07) is 15.7. The van der Waals surface area contributed by atoms with Crippen molar-refractivity contribution in [1.29, 1.82) is 0 Å². The molecule has 0 spiro atoms. The fraction of sp³-hybridized carbons (Fsp3) is 0.294. The molecule has 0 bridgehead atoms. The lowest BCUT2D eigenvalue weighted by molar-refractivity contribution is 0.107. The maximum absolute atomic E-state index is 9.91. The van der Waals surface area contributed by atoms with Gasteiger partial charge in [0, 0.05) is 18.7 Å². The summed E-state index contributed by atoms with van der Waals surface area (Å²) in [7, 11) is 0. The van der Waals surface area contributed by atoms with Gasteiger partial charge in [-0.3, -0.25) is 4.90 Å². The second-order valence-corrected chi connectivity index (χ2v) is 5.25. The van der Waals surface area contributed by atoms with Gasteiger partial charge in [-0.2, -0.15) is 0 Å². The van der Waals surface area contributed by atoms with Crippen molar-refractivity contribution in [2.75, 3.05) is 13.2 Å². The number of para-hydroxylation sites is 1. The zero-order chi connectivity index (χ0) is 13.9. The molecule has 1 aliphatic rings. The summed E-state index contributed by atoms with van der Waals surface area (Å²) in [5.74, 6) is 0.322. The zero-order valence-electron chi connectivity index (χ0n) is 11.4. The van der Waals surface area contributed by atoms with E-state index in [0.717, 1.165) is 18.5 Å². The molecule has 0 fully saturated rings. The summed E-state index contributed by atoms with van der Waals surface area (Å²) < 4.78 is 0. The van der Waals surface area contributed by atoms with Gasteiger partial charge in [0.05, 0.1) is 12.6 Å². The summed E-state index contributed by atoms with van der Waals surface area (Å²) in [4.78, 5) is 2.23. The van der Waals surface area contributed by atoms with Gasteiger partial charge in [-0.25, -0.2) is 0 Å². The third-order valence-corrected chi connectivity index (χ3v) is 4.06. The van der Waals surface area contributed by atoms with Gasteiger partial charge < -0.3 is 10.2 Å². The van der Waals surface area contributed by atoms with Gasteiger partial charge in [-0.15, -0.1) is 0 Å². The Hall–Kier alpha value is -1.84. The SMILES string of the molecule is OCC1c2ccccc2CCN1Cc1ccccc1O. The van der Waals surface area contributed by atoms with E-state index in [0.29, 0.717) is 12.3 Å². The van der Waals surface area contributed by atoms with Crippen molar-refractivity contribution in [1.82, 2.24) is 4.90 Å². The topological polar surface area (TPSA) is 43.7 Å². The number of fused-ring (bicyclic) bond motifs is 1. The molecule has 3 heteroatoms. The first-order valence-corrected chi connectivity index (χ1v) is 6.99. The van der Waals surface area contributed by atoms with Crippen LogP contribution in [0.15, 0.2) is 48.5 Å². The number of nitrogens with zero attached hydrogens (tertiary/aromatic N) is 1. The van der Waals surface area contributed by atoms with Crippen LogP contribution in [-0.4, -0.2) is 28.3 Å². The number of aliphatic hydroxyl groups excluding tert-OH is 1. The summed E-state index contributed by atoms with van der Waals surface area (Å²) in [5.41, 5.74) is 3.43. The molecule has 1 aliphatic heterocycles. The predicted octanol–water partition coefficient (Wildman–Crippen LogP) is 2.48. The molecule has 2 aromatic carbocycles. The van der Waals surface area contributed by atoms with Crippen molar-refractivity contribution in [3.05, 3.63) is 65.2 Å². The van der Waals surface area contributed by atoms with Crippen molar-refractivity contribution in [2.24, 2.45) is 0 Å². The van der Waals surface area contributed by atoms with Gasteiger partial charge in [-0.1, -0.05) is 42.5 Å². The first-order chi connectivity index (χ1) is 9.79. The van der Waals surface area contributed by atoms with E-state index in [2.05, 4.69) is 17.0 Å². The number of phenolic OH excluding ortho intramolecular Hbond substituents is 1. The van der Waals surface area contributed by atoms with Crippen molar-refractivity contribution in [2.45, 2.75) is 19.0 Å². The molecule has 0 saturated carbocycles. The Morgan fingerprint density at radius 1 is 1.05 bits per heavy atom.